The molecule has 49 heavy (non-hydrogen) atoms. The van der Waals surface area contributed by atoms with Gasteiger partial charge in [-0.2, -0.15) is 16.8 Å². The Morgan fingerprint density at radius 1 is 0.673 bits per heavy atom. The summed E-state index contributed by atoms with van der Waals surface area (Å²) in [5.74, 6) is -2.80. The van der Waals surface area contributed by atoms with Gasteiger partial charge in [-0.3, -0.25) is 28.3 Å². The maximum Gasteiger partial charge on any atom is 1.00 e. The summed E-state index contributed by atoms with van der Waals surface area (Å²) >= 11 is 0. The van der Waals surface area contributed by atoms with E-state index >= 15 is 0 Å². The fourth-order valence-electron chi connectivity index (χ4n) is 4.81. The maximum atomic E-state index is 12.4. The molecule has 0 aromatic carbocycles. The first-order chi connectivity index (χ1) is 22.1. The quantitative estimate of drug-likeness (QED) is 0.0598. The number of aryl methyl sites for hydroxylation is 1. The summed E-state index contributed by atoms with van der Waals surface area (Å²) in [6.45, 7) is -0.0837. The zero-order valence-electron chi connectivity index (χ0n) is 27.0. The van der Waals surface area contributed by atoms with E-state index in [0.29, 0.717) is 35.6 Å². The van der Waals surface area contributed by atoms with Crippen molar-refractivity contribution in [3.8, 4) is 0 Å². The summed E-state index contributed by atoms with van der Waals surface area (Å²) in [4.78, 5) is 54.4. The molecule has 0 fully saturated rings. The Hall–Kier alpha value is -2.78. The van der Waals surface area contributed by atoms with Crippen molar-refractivity contribution in [2.45, 2.75) is 32.1 Å². The zero-order valence-corrected chi connectivity index (χ0v) is 32.6. The third kappa shape index (κ3) is 14.9. The number of amides is 4. The molecule has 252 valence electrons. The van der Waals surface area contributed by atoms with E-state index in [-0.39, 0.29) is 96.9 Å². The van der Waals surface area contributed by atoms with Crippen LogP contribution in [0, 0.1) is 0 Å². The zero-order chi connectivity index (χ0) is 34.2. The van der Waals surface area contributed by atoms with Crippen molar-refractivity contribution in [1.29, 1.82) is 0 Å². The van der Waals surface area contributed by atoms with Gasteiger partial charge in [0.2, 0.25) is 23.6 Å². The number of allylic oxidation sites excluding steroid dienone is 2. The minimum absolute atomic E-state index is 0. The smallest absolute Gasteiger partial charge is 0.358 e. The molecule has 20 heteroatoms. The van der Waals surface area contributed by atoms with Crippen LogP contribution in [0.15, 0.2) is 47.8 Å². The van der Waals surface area contributed by atoms with E-state index in [0.717, 1.165) is 22.5 Å². The number of aromatic nitrogens is 2. The molecule has 0 aliphatic carbocycles. The molecule has 2 aliphatic rings. The first kappa shape index (κ1) is 42.4. The number of aromatic amines is 2. The van der Waals surface area contributed by atoms with Crippen molar-refractivity contribution in [3.05, 3.63) is 81.7 Å². The fraction of sp³-hybridized carbons (Fsp3) is 0.310. The van der Waals surface area contributed by atoms with Crippen LogP contribution < -0.4 is 80.4 Å². The van der Waals surface area contributed by atoms with Crippen molar-refractivity contribution in [2.24, 2.45) is 0 Å². The Bertz CT molecular complexity index is 1910. The fourth-order valence-corrected chi connectivity index (χ4v) is 5.62. The number of hydrogen-bond donors (Lipinski definition) is 8. The molecule has 0 unspecified atom stereocenters. The summed E-state index contributed by atoms with van der Waals surface area (Å²) < 4.78 is 61.7. The van der Waals surface area contributed by atoms with Gasteiger partial charge in [-0.1, -0.05) is 0 Å². The average Bonchev–Trinajstić information content (AvgIpc) is 3.75. The standard InChI is InChI=1S/C29H34N6O10S2.2Na/c36-26(31-10-12-47(43,44)45)4-1-18-13-22(15-20-2-5-28(38)34-20)32-24(18)17-25-19(7-9-30-27(37)8-11-46(40,41)42)14-23(33-25)16-21-3-6-29(39)35-21;;/h2-3,5-6,13-16,32-33H,1,4,7-12,17H2,(H,30,37)(H,31,36)(H,34,38)(H,35,39)(H,40,41,42)(H,43,44,45);;/q;2*+1/b20-15+,21-16-;;. The SMILES string of the molecule is O=C1C=C/C(=C/c2cc(CCNC(=O)CCS(=O)(=O)O)c(Cc3[nH]c(/C=C4\C=CC(=O)N4)cc3CCC(=O)NCCS(=O)(=O)O)[nH]2)N1.[Na+].[Na+]. The Balaban J connectivity index is 0.00000417. The summed E-state index contributed by atoms with van der Waals surface area (Å²) in [6, 6.07) is 3.67. The molecule has 0 saturated carbocycles. The predicted molar refractivity (Wildman–Crippen MR) is 170 cm³/mol. The van der Waals surface area contributed by atoms with E-state index in [2.05, 4.69) is 31.2 Å². The van der Waals surface area contributed by atoms with E-state index in [9.17, 15) is 36.0 Å². The first-order valence-electron chi connectivity index (χ1n) is 14.4. The first-order valence-corrected chi connectivity index (χ1v) is 17.6. The van der Waals surface area contributed by atoms with Crippen LogP contribution in [0.5, 0.6) is 0 Å². The number of hydrogen-bond acceptors (Lipinski definition) is 8. The second-order valence-corrected chi connectivity index (χ2v) is 13.9. The number of H-pyrrole nitrogens is 2. The van der Waals surface area contributed by atoms with Gasteiger partial charge in [-0.25, -0.2) is 0 Å². The molecule has 2 aliphatic heterocycles. The Labute approximate surface area is 327 Å². The van der Waals surface area contributed by atoms with E-state index in [1.807, 2.05) is 12.1 Å². The van der Waals surface area contributed by atoms with Gasteiger partial charge < -0.3 is 31.2 Å². The molecule has 0 saturated heterocycles. The number of rotatable bonds is 16. The van der Waals surface area contributed by atoms with Gasteiger partial charge in [0, 0.05) is 78.7 Å². The number of carbonyl (C=O) groups is 4. The second kappa shape index (κ2) is 19.0. The third-order valence-corrected chi connectivity index (χ3v) is 8.41. The van der Waals surface area contributed by atoms with Crippen LogP contribution in [-0.2, 0) is 58.7 Å². The molecular formula is C29H34N6Na2O10S2+2. The molecule has 2 aromatic rings. The minimum Gasteiger partial charge on any atom is -0.358 e. The van der Waals surface area contributed by atoms with Crippen LogP contribution >= 0.6 is 0 Å². The van der Waals surface area contributed by atoms with Gasteiger partial charge >= 0.3 is 59.1 Å². The number of carbonyl (C=O) groups excluding carboxylic acids is 4. The Kier molecular flexibility index (Phi) is 16.4. The van der Waals surface area contributed by atoms with Crippen LogP contribution in [0.25, 0.3) is 12.2 Å². The van der Waals surface area contributed by atoms with Gasteiger partial charge in [0.1, 0.15) is 0 Å². The van der Waals surface area contributed by atoms with Crippen LogP contribution in [-0.4, -0.2) is 84.1 Å². The van der Waals surface area contributed by atoms with Gasteiger partial charge in [0.25, 0.3) is 20.2 Å². The molecule has 16 nitrogen and oxygen atoms in total. The number of nitrogens with one attached hydrogen (secondary N) is 6. The molecule has 8 N–H and O–H groups in total. The van der Waals surface area contributed by atoms with Gasteiger partial charge in [-0.05, 0) is 60.4 Å². The summed E-state index contributed by atoms with van der Waals surface area (Å²) in [6.07, 6.45) is 10.0. The van der Waals surface area contributed by atoms with Gasteiger partial charge in [-0.15, -0.1) is 0 Å². The average molecular weight is 737 g/mol. The van der Waals surface area contributed by atoms with Crippen molar-refractivity contribution in [3.63, 3.8) is 0 Å². The molecule has 0 bridgehead atoms. The normalized spacial score (nSPS) is 15.6. The molecular weight excluding hydrogens is 702 g/mol. The molecule has 0 radical (unpaired) electrons. The maximum absolute atomic E-state index is 12.4. The summed E-state index contributed by atoms with van der Waals surface area (Å²) in [7, 11) is -8.51. The minimum atomic E-state index is -4.28. The Morgan fingerprint density at radius 2 is 1.14 bits per heavy atom. The van der Waals surface area contributed by atoms with Gasteiger partial charge in [0.05, 0.1) is 11.5 Å². The molecule has 0 atom stereocenters. The van der Waals surface area contributed by atoms with Crippen LogP contribution in [0.2, 0.25) is 0 Å². The topological polar surface area (TPSA) is 257 Å². The molecule has 4 rings (SSSR count). The van der Waals surface area contributed by atoms with Gasteiger partial charge in [0.15, 0.2) is 0 Å². The summed E-state index contributed by atoms with van der Waals surface area (Å²) in [5.41, 5.74) is 5.45. The van der Waals surface area contributed by atoms with Crippen LogP contribution in [0.4, 0.5) is 0 Å². The Morgan fingerprint density at radius 3 is 1.61 bits per heavy atom. The van der Waals surface area contributed by atoms with Crippen molar-refractivity contribution >= 4 is 56.0 Å². The largest absolute Gasteiger partial charge is 1.00 e. The second-order valence-electron chi connectivity index (χ2n) is 10.8. The van der Waals surface area contributed by atoms with E-state index in [4.69, 9.17) is 9.11 Å². The molecule has 4 amide bonds. The van der Waals surface area contributed by atoms with E-state index in [1.54, 1.807) is 24.3 Å². The van der Waals surface area contributed by atoms with Crippen molar-refractivity contribution < 1.29 is 104 Å². The van der Waals surface area contributed by atoms with Crippen molar-refractivity contribution in [2.75, 3.05) is 24.6 Å². The third-order valence-electron chi connectivity index (χ3n) is 6.97. The molecule has 4 heterocycles. The molecule has 0 spiro atoms. The van der Waals surface area contributed by atoms with E-state index < -0.39 is 50.0 Å². The monoisotopic (exact) mass is 736 g/mol. The van der Waals surface area contributed by atoms with Crippen LogP contribution in [0.3, 0.4) is 0 Å². The van der Waals surface area contributed by atoms with Crippen LogP contribution in [0.1, 0.15) is 46.7 Å². The summed E-state index contributed by atoms with van der Waals surface area (Å²) in [5, 5.41) is 10.5. The molecule has 2 aromatic heterocycles. The predicted octanol–water partition coefficient (Wildman–Crippen LogP) is -6.13. The van der Waals surface area contributed by atoms with E-state index in [1.165, 1.54) is 12.2 Å². The van der Waals surface area contributed by atoms with Crippen molar-refractivity contribution in [1.82, 2.24) is 31.2 Å².